The molecule has 43 heavy (non-hydrogen) atoms. The van der Waals surface area contributed by atoms with Gasteiger partial charge in [-0.2, -0.15) is 13.2 Å². The number of aromatic nitrogens is 1. The monoisotopic (exact) mass is 590 g/mol. The summed E-state index contributed by atoms with van der Waals surface area (Å²) in [6.45, 7) is 5.60. The van der Waals surface area contributed by atoms with E-state index in [1.165, 1.54) is 17.8 Å². The van der Waals surface area contributed by atoms with Gasteiger partial charge in [-0.25, -0.2) is 4.98 Å². The van der Waals surface area contributed by atoms with Crippen molar-refractivity contribution in [2.45, 2.75) is 25.8 Å². The summed E-state index contributed by atoms with van der Waals surface area (Å²) in [6.07, 6.45) is -3.05. The van der Waals surface area contributed by atoms with Crippen LogP contribution < -0.4 is 24.8 Å². The third kappa shape index (κ3) is 6.73. The number of ether oxygens (including phenoxy) is 3. The summed E-state index contributed by atoms with van der Waals surface area (Å²) in [4.78, 5) is 19.3. The number of fused-ring (bicyclic) bond motifs is 1. The number of carbonyl (C=O) groups is 1. The summed E-state index contributed by atoms with van der Waals surface area (Å²) in [5.74, 6) is 2.05. The Balaban J connectivity index is 1.04. The summed E-state index contributed by atoms with van der Waals surface area (Å²) in [5, 5.41) is 7.07. The molecule has 2 N–H and O–H groups in total. The lowest BCUT2D eigenvalue weighted by atomic mass is 10.0. The van der Waals surface area contributed by atoms with Crippen molar-refractivity contribution in [2.75, 3.05) is 31.7 Å². The smallest absolute Gasteiger partial charge is 0.416 e. The third-order valence-electron chi connectivity index (χ3n) is 7.31. The number of benzene rings is 3. The summed E-state index contributed by atoms with van der Waals surface area (Å²) in [7, 11) is 0. The zero-order chi connectivity index (χ0) is 30.0. The van der Waals surface area contributed by atoms with Crippen molar-refractivity contribution in [1.82, 2.24) is 15.2 Å². The number of rotatable bonds is 8. The van der Waals surface area contributed by atoms with Gasteiger partial charge >= 0.3 is 6.18 Å². The quantitative estimate of drug-likeness (QED) is 0.242. The van der Waals surface area contributed by atoms with Gasteiger partial charge in [-0.05, 0) is 66.6 Å². The van der Waals surface area contributed by atoms with Crippen molar-refractivity contribution in [1.29, 1.82) is 0 Å². The normalized spacial score (nSPS) is 16.6. The number of pyridine rings is 1. The average molecular weight is 591 g/mol. The first-order chi connectivity index (χ1) is 20.7. The lowest BCUT2D eigenvalue weighted by Gasteiger charge is -2.34. The van der Waals surface area contributed by atoms with Crippen molar-refractivity contribution in [3.05, 3.63) is 107 Å². The number of halogens is 3. The minimum absolute atomic E-state index is 0.0605. The minimum Gasteiger partial charge on any atom is -0.454 e. The molecule has 0 saturated carbocycles. The molecule has 2 aliphatic heterocycles. The number of alkyl halides is 3. The predicted octanol–water partition coefficient (Wildman–Crippen LogP) is 6.00. The van der Waals surface area contributed by atoms with Crippen LogP contribution in [0.15, 0.2) is 79.0 Å². The molecule has 1 fully saturated rings. The molecule has 8 nitrogen and oxygen atoms in total. The molecule has 0 aliphatic carbocycles. The Bertz CT molecular complexity index is 1610. The Hall–Kier alpha value is -4.61. The number of anilines is 1. The highest BCUT2D eigenvalue weighted by molar-refractivity contribution is 6.08. The van der Waals surface area contributed by atoms with Crippen LogP contribution in [0, 0.1) is 6.92 Å². The van der Waals surface area contributed by atoms with E-state index in [4.69, 9.17) is 14.2 Å². The van der Waals surface area contributed by atoms with Crippen LogP contribution in [0.5, 0.6) is 23.1 Å². The van der Waals surface area contributed by atoms with Gasteiger partial charge < -0.3 is 19.5 Å². The fourth-order valence-corrected chi connectivity index (χ4v) is 5.07. The second kappa shape index (κ2) is 11.9. The van der Waals surface area contributed by atoms with E-state index in [0.29, 0.717) is 11.6 Å². The third-order valence-corrected chi connectivity index (χ3v) is 7.31. The SMILES string of the molecule is Cc1cc(NC2CN(Cc3ccc4c(c3)OCO4)CCN2)ccc1Oc1ccc(C(=O)c2ccc(C(F)(F)F)cc2)cn1. The Morgan fingerprint density at radius 1 is 1.02 bits per heavy atom. The number of carbonyl (C=O) groups excluding carboxylic acids is 1. The molecule has 1 unspecified atom stereocenters. The molecule has 6 rings (SSSR count). The Kier molecular flexibility index (Phi) is 7.92. The van der Waals surface area contributed by atoms with E-state index in [1.54, 1.807) is 6.07 Å². The Morgan fingerprint density at radius 2 is 1.81 bits per heavy atom. The van der Waals surface area contributed by atoms with E-state index in [2.05, 4.69) is 26.6 Å². The number of piperazine rings is 1. The molecular weight excluding hydrogens is 561 g/mol. The maximum Gasteiger partial charge on any atom is 0.416 e. The van der Waals surface area contributed by atoms with E-state index in [0.717, 1.165) is 73.2 Å². The standard InChI is InChI=1S/C32H29F3N4O4/c1-20-14-25(38-29-18-39(13-12-36-29)17-21-2-9-27-28(15-21)42-19-41-27)8-10-26(20)43-30-11-5-23(16-37-30)31(40)22-3-6-24(7-4-22)32(33,34)35/h2-11,14-16,29,36,38H,12-13,17-19H2,1H3. The molecule has 3 heterocycles. The highest BCUT2D eigenvalue weighted by atomic mass is 19.4. The van der Waals surface area contributed by atoms with Crippen LogP contribution >= 0.6 is 0 Å². The molecule has 0 radical (unpaired) electrons. The molecular formula is C32H29F3N4O4. The number of nitrogens with zero attached hydrogens (tertiary/aromatic N) is 2. The highest BCUT2D eigenvalue weighted by Gasteiger charge is 2.30. The van der Waals surface area contributed by atoms with Crippen molar-refractivity contribution in [3.63, 3.8) is 0 Å². The topological polar surface area (TPSA) is 85.0 Å². The number of ketones is 1. The summed E-state index contributed by atoms with van der Waals surface area (Å²) >= 11 is 0. The Morgan fingerprint density at radius 3 is 2.56 bits per heavy atom. The maximum absolute atomic E-state index is 12.8. The molecule has 0 bridgehead atoms. The van der Waals surface area contributed by atoms with Crippen LogP contribution in [0.3, 0.4) is 0 Å². The molecule has 4 aromatic rings. The lowest BCUT2D eigenvalue weighted by Crippen LogP contribution is -2.53. The van der Waals surface area contributed by atoms with Crippen LogP contribution in [0.2, 0.25) is 0 Å². The summed E-state index contributed by atoms with van der Waals surface area (Å²) in [5.41, 5.74) is 2.59. The van der Waals surface area contributed by atoms with E-state index in [-0.39, 0.29) is 24.1 Å². The van der Waals surface area contributed by atoms with Crippen molar-refractivity contribution < 1.29 is 32.2 Å². The molecule has 2 aliphatic rings. The number of nitrogens with one attached hydrogen (secondary N) is 2. The van der Waals surface area contributed by atoms with Gasteiger partial charge in [0.05, 0.1) is 11.7 Å². The maximum atomic E-state index is 12.8. The highest BCUT2D eigenvalue weighted by Crippen LogP contribution is 2.33. The van der Waals surface area contributed by atoms with Crippen LogP contribution in [0.25, 0.3) is 0 Å². The molecule has 3 aromatic carbocycles. The van der Waals surface area contributed by atoms with Crippen LogP contribution in [0.1, 0.15) is 32.6 Å². The second-order valence-electron chi connectivity index (χ2n) is 10.4. The van der Waals surface area contributed by atoms with E-state index in [9.17, 15) is 18.0 Å². The van der Waals surface area contributed by atoms with Gasteiger partial charge in [0.25, 0.3) is 0 Å². The fraction of sp³-hybridized carbons (Fsp3) is 0.250. The van der Waals surface area contributed by atoms with Gasteiger partial charge in [-0.1, -0.05) is 18.2 Å². The van der Waals surface area contributed by atoms with Crippen LogP contribution in [-0.4, -0.2) is 48.3 Å². The summed E-state index contributed by atoms with van der Waals surface area (Å²) < 4.78 is 55.3. The van der Waals surface area contributed by atoms with Gasteiger partial charge in [-0.15, -0.1) is 0 Å². The molecule has 222 valence electrons. The average Bonchev–Trinajstić information content (AvgIpc) is 3.46. The molecule has 1 atom stereocenters. The lowest BCUT2D eigenvalue weighted by molar-refractivity contribution is -0.137. The molecule has 1 aromatic heterocycles. The van der Waals surface area contributed by atoms with E-state index in [1.807, 2.05) is 37.3 Å². The zero-order valence-electron chi connectivity index (χ0n) is 23.3. The number of hydrogen-bond acceptors (Lipinski definition) is 8. The molecule has 0 spiro atoms. The summed E-state index contributed by atoms with van der Waals surface area (Å²) in [6, 6.07) is 19.0. The van der Waals surface area contributed by atoms with Crippen molar-refractivity contribution >= 4 is 11.5 Å². The zero-order valence-corrected chi connectivity index (χ0v) is 23.3. The van der Waals surface area contributed by atoms with Gasteiger partial charge in [-0.3, -0.25) is 15.0 Å². The van der Waals surface area contributed by atoms with Crippen molar-refractivity contribution in [2.24, 2.45) is 0 Å². The minimum atomic E-state index is -4.46. The largest absolute Gasteiger partial charge is 0.454 e. The van der Waals surface area contributed by atoms with E-state index >= 15 is 0 Å². The first-order valence-corrected chi connectivity index (χ1v) is 13.8. The van der Waals surface area contributed by atoms with Crippen LogP contribution in [-0.2, 0) is 12.7 Å². The first kappa shape index (κ1) is 28.5. The molecule has 11 heteroatoms. The van der Waals surface area contributed by atoms with Gasteiger partial charge in [0.2, 0.25) is 12.7 Å². The Labute approximate surface area is 246 Å². The number of hydrogen-bond donors (Lipinski definition) is 2. The van der Waals surface area contributed by atoms with Crippen LogP contribution in [0.4, 0.5) is 18.9 Å². The van der Waals surface area contributed by atoms with E-state index < -0.39 is 17.5 Å². The predicted molar refractivity (Wildman–Crippen MR) is 154 cm³/mol. The number of aryl methyl sites for hydroxylation is 1. The van der Waals surface area contributed by atoms with Gasteiger partial charge in [0.1, 0.15) is 5.75 Å². The second-order valence-corrected chi connectivity index (χ2v) is 10.4. The molecule has 0 amide bonds. The van der Waals surface area contributed by atoms with Gasteiger partial charge in [0.15, 0.2) is 17.3 Å². The molecule has 1 saturated heterocycles. The fourth-order valence-electron chi connectivity index (χ4n) is 5.07. The van der Waals surface area contributed by atoms with Crippen molar-refractivity contribution in [3.8, 4) is 23.1 Å². The van der Waals surface area contributed by atoms with Gasteiger partial charge in [0, 0.05) is 55.3 Å². The first-order valence-electron chi connectivity index (χ1n) is 13.8.